The number of pyridine rings is 2. The number of hydrogen-bond donors (Lipinski definition) is 4. The van der Waals surface area contributed by atoms with E-state index in [0.717, 1.165) is 6.07 Å². The third-order valence-electron chi connectivity index (χ3n) is 5.62. The van der Waals surface area contributed by atoms with Crippen LogP contribution in [0.2, 0.25) is 0 Å². The molecule has 3 aromatic heterocycles. The van der Waals surface area contributed by atoms with Crippen LogP contribution in [0.1, 0.15) is 29.4 Å². The van der Waals surface area contributed by atoms with Crippen molar-refractivity contribution in [1.82, 2.24) is 29.9 Å². The summed E-state index contributed by atoms with van der Waals surface area (Å²) >= 11 is 0. The molecule has 1 saturated heterocycles. The standard InChI is InChI=1S/C21H25FN10O2/c1-11-18(32-26-4-5-27-32)7-13(9-25-11)28-20-14(19(24)34)8-15(22)21(30-20)29-17-3-6-31(12(2)33)10-16(17)23/h4-5,7-9,16-17H,3,6,10,23H2,1-2H3,(H2,24,34)(H2,28,29,30)/t16-,17?/m0/s1. The van der Waals surface area contributed by atoms with E-state index in [1.165, 1.54) is 24.1 Å². The third kappa shape index (κ3) is 4.78. The van der Waals surface area contributed by atoms with E-state index in [9.17, 15) is 14.0 Å². The van der Waals surface area contributed by atoms with Gasteiger partial charge >= 0.3 is 0 Å². The molecule has 34 heavy (non-hydrogen) atoms. The lowest BCUT2D eigenvalue weighted by Gasteiger charge is -2.36. The molecule has 2 atom stereocenters. The number of anilines is 3. The summed E-state index contributed by atoms with van der Waals surface area (Å²) in [6.07, 6.45) is 5.13. The number of nitrogens with one attached hydrogen (secondary N) is 2. The highest BCUT2D eigenvalue weighted by atomic mass is 19.1. The van der Waals surface area contributed by atoms with Gasteiger partial charge in [0.05, 0.1) is 35.5 Å². The molecule has 0 radical (unpaired) electrons. The Balaban J connectivity index is 1.62. The molecule has 3 aromatic rings. The molecule has 0 aliphatic carbocycles. The maximum atomic E-state index is 14.8. The monoisotopic (exact) mass is 468 g/mol. The quantitative estimate of drug-likeness (QED) is 0.407. The Hall–Kier alpha value is -4.13. The number of aromatic nitrogens is 5. The van der Waals surface area contributed by atoms with Crippen molar-refractivity contribution < 1.29 is 14.0 Å². The van der Waals surface area contributed by atoms with Crippen LogP contribution in [0, 0.1) is 12.7 Å². The van der Waals surface area contributed by atoms with E-state index in [1.807, 2.05) is 0 Å². The van der Waals surface area contributed by atoms with E-state index in [4.69, 9.17) is 11.5 Å². The highest BCUT2D eigenvalue weighted by Gasteiger charge is 2.29. The normalized spacial score (nSPS) is 17.9. The second kappa shape index (κ2) is 9.39. The summed E-state index contributed by atoms with van der Waals surface area (Å²) in [4.78, 5) is 35.3. The van der Waals surface area contributed by atoms with Gasteiger partial charge < -0.3 is 27.0 Å². The summed E-state index contributed by atoms with van der Waals surface area (Å²) < 4.78 is 14.8. The van der Waals surface area contributed by atoms with Crippen LogP contribution in [0.4, 0.5) is 21.7 Å². The number of carbonyl (C=O) groups is 2. The van der Waals surface area contributed by atoms with Crippen molar-refractivity contribution >= 4 is 29.1 Å². The minimum atomic E-state index is -0.846. The Bertz CT molecular complexity index is 1220. The molecule has 12 nitrogen and oxygen atoms in total. The van der Waals surface area contributed by atoms with Gasteiger partial charge in [0.15, 0.2) is 11.6 Å². The highest BCUT2D eigenvalue weighted by Crippen LogP contribution is 2.26. The molecule has 1 aliphatic rings. The summed E-state index contributed by atoms with van der Waals surface area (Å²) in [5, 5.41) is 14.2. The van der Waals surface area contributed by atoms with Crippen molar-refractivity contribution in [3.05, 3.63) is 47.8 Å². The van der Waals surface area contributed by atoms with Crippen molar-refractivity contribution in [1.29, 1.82) is 0 Å². The molecule has 178 valence electrons. The SMILES string of the molecule is CC(=O)N1CCC(Nc2nc(Nc3cnc(C)c(-n4nccn4)c3)c(C(N)=O)cc2F)[C@@H](N)C1. The zero-order valence-electron chi connectivity index (χ0n) is 18.7. The molecule has 0 bridgehead atoms. The predicted molar refractivity (Wildman–Crippen MR) is 122 cm³/mol. The number of nitrogens with two attached hydrogens (primary N) is 2. The average Bonchev–Trinajstić information content (AvgIpc) is 3.32. The van der Waals surface area contributed by atoms with Gasteiger partial charge in [-0.2, -0.15) is 10.2 Å². The fourth-order valence-corrected chi connectivity index (χ4v) is 3.77. The van der Waals surface area contributed by atoms with Crippen LogP contribution in [0.5, 0.6) is 0 Å². The first-order valence-corrected chi connectivity index (χ1v) is 10.6. The number of halogens is 1. The van der Waals surface area contributed by atoms with Gasteiger partial charge in [0.1, 0.15) is 11.5 Å². The van der Waals surface area contributed by atoms with Crippen molar-refractivity contribution in [2.75, 3.05) is 23.7 Å². The van der Waals surface area contributed by atoms with Crippen molar-refractivity contribution in [3.63, 3.8) is 0 Å². The minimum absolute atomic E-state index is 0.0520. The number of hydrogen-bond acceptors (Lipinski definition) is 9. The Kier molecular flexibility index (Phi) is 6.36. The van der Waals surface area contributed by atoms with Crippen LogP contribution in [0.15, 0.2) is 30.7 Å². The Morgan fingerprint density at radius 3 is 2.59 bits per heavy atom. The molecule has 1 fully saturated rings. The molecule has 6 N–H and O–H groups in total. The van der Waals surface area contributed by atoms with Crippen LogP contribution < -0.4 is 22.1 Å². The predicted octanol–water partition coefficient (Wildman–Crippen LogP) is 0.707. The first-order chi connectivity index (χ1) is 16.2. The number of primary amides is 1. The van der Waals surface area contributed by atoms with Crippen LogP contribution in [0.3, 0.4) is 0 Å². The van der Waals surface area contributed by atoms with Gasteiger partial charge in [-0.15, -0.1) is 4.80 Å². The molecule has 0 spiro atoms. The van der Waals surface area contributed by atoms with Crippen LogP contribution in [-0.4, -0.2) is 66.8 Å². The number of rotatable bonds is 6. The summed E-state index contributed by atoms with van der Waals surface area (Å²) in [6, 6.07) is 2.01. The maximum absolute atomic E-state index is 14.8. The summed E-state index contributed by atoms with van der Waals surface area (Å²) in [5.41, 5.74) is 13.3. The zero-order valence-corrected chi connectivity index (χ0v) is 18.7. The van der Waals surface area contributed by atoms with Crippen molar-refractivity contribution in [3.8, 4) is 5.69 Å². The van der Waals surface area contributed by atoms with Gasteiger partial charge in [-0.25, -0.2) is 9.37 Å². The lowest BCUT2D eigenvalue weighted by molar-refractivity contribution is -0.130. The van der Waals surface area contributed by atoms with E-state index in [1.54, 1.807) is 24.1 Å². The molecule has 13 heteroatoms. The maximum Gasteiger partial charge on any atom is 0.252 e. The van der Waals surface area contributed by atoms with E-state index < -0.39 is 17.8 Å². The second-order valence-electron chi connectivity index (χ2n) is 8.02. The second-order valence-corrected chi connectivity index (χ2v) is 8.02. The number of likely N-dealkylation sites (tertiary alicyclic amines) is 1. The number of aryl methyl sites for hydroxylation is 1. The van der Waals surface area contributed by atoms with Crippen LogP contribution >= 0.6 is 0 Å². The molecule has 1 aliphatic heterocycles. The first-order valence-electron chi connectivity index (χ1n) is 10.6. The number of amides is 2. The summed E-state index contributed by atoms with van der Waals surface area (Å²) in [5.74, 6) is -1.69. The zero-order chi connectivity index (χ0) is 24.4. The largest absolute Gasteiger partial charge is 0.365 e. The Morgan fingerprint density at radius 2 is 1.94 bits per heavy atom. The fourth-order valence-electron chi connectivity index (χ4n) is 3.77. The van der Waals surface area contributed by atoms with Crippen molar-refractivity contribution in [2.24, 2.45) is 11.5 Å². The lowest BCUT2D eigenvalue weighted by atomic mass is 10.00. The molecular weight excluding hydrogens is 443 g/mol. The van der Waals surface area contributed by atoms with Gasteiger partial charge in [0.2, 0.25) is 5.91 Å². The fraction of sp³-hybridized carbons (Fsp3) is 0.333. The Labute approximate surface area is 194 Å². The van der Waals surface area contributed by atoms with Gasteiger partial charge in [-0.1, -0.05) is 0 Å². The minimum Gasteiger partial charge on any atom is -0.365 e. The van der Waals surface area contributed by atoms with Gasteiger partial charge in [0.25, 0.3) is 5.91 Å². The van der Waals surface area contributed by atoms with E-state index in [-0.39, 0.29) is 29.1 Å². The Morgan fingerprint density at radius 1 is 1.21 bits per heavy atom. The summed E-state index contributed by atoms with van der Waals surface area (Å²) in [6.45, 7) is 4.12. The number of piperidine rings is 1. The molecule has 0 aromatic carbocycles. The van der Waals surface area contributed by atoms with Gasteiger partial charge in [-0.05, 0) is 25.5 Å². The summed E-state index contributed by atoms with van der Waals surface area (Å²) in [7, 11) is 0. The van der Waals surface area contributed by atoms with Crippen LogP contribution in [0.25, 0.3) is 5.69 Å². The molecule has 2 amide bonds. The number of carbonyl (C=O) groups excluding carboxylic acids is 2. The third-order valence-corrected chi connectivity index (χ3v) is 5.62. The van der Waals surface area contributed by atoms with E-state index >= 15 is 0 Å². The van der Waals surface area contributed by atoms with Gasteiger partial charge in [0, 0.05) is 32.1 Å². The van der Waals surface area contributed by atoms with Crippen molar-refractivity contribution in [2.45, 2.75) is 32.4 Å². The highest BCUT2D eigenvalue weighted by molar-refractivity contribution is 5.98. The molecule has 4 rings (SSSR count). The average molecular weight is 468 g/mol. The van der Waals surface area contributed by atoms with Crippen LogP contribution in [-0.2, 0) is 4.79 Å². The van der Waals surface area contributed by atoms with E-state index in [0.29, 0.717) is 36.6 Å². The first kappa shape index (κ1) is 23.0. The molecule has 0 saturated carbocycles. The molecule has 4 heterocycles. The number of nitrogens with zero attached hydrogens (tertiary/aromatic N) is 6. The van der Waals surface area contributed by atoms with E-state index in [2.05, 4.69) is 30.8 Å². The topological polar surface area (TPSA) is 170 Å². The smallest absolute Gasteiger partial charge is 0.252 e. The molecular formula is C21H25FN10O2. The van der Waals surface area contributed by atoms with Gasteiger partial charge in [-0.3, -0.25) is 14.6 Å². The lowest BCUT2D eigenvalue weighted by Crippen LogP contribution is -2.55. The molecule has 1 unspecified atom stereocenters.